The summed E-state index contributed by atoms with van der Waals surface area (Å²) in [6, 6.07) is 10.8. The van der Waals surface area contributed by atoms with Crippen molar-refractivity contribution in [3.8, 4) is 0 Å². The summed E-state index contributed by atoms with van der Waals surface area (Å²) in [4.78, 5) is 14.4. The summed E-state index contributed by atoms with van der Waals surface area (Å²) < 4.78 is 0. The number of amides is 1. The zero-order valence-electron chi connectivity index (χ0n) is 11.4. The van der Waals surface area contributed by atoms with Crippen LogP contribution in [0.4, 0.5) is 0 Å². The normalized spacial score (nSPS) is 18.8. The average molecular weight is 324 g/mol. The van der Waals surface area contributed by atoms with E-state index in [-0.39, 0.29) is 0 Å². The van der Waals surface area contributed by atoms with Crippen LogP contribution in [0.3, 0.4) is 0 Å². The van der Waals surface area contributed by atoms with Gasteiger partial charge in [-0.05, 0) is 37.7 Å². The van der Waals surface area contributed by atoms with E-state index in [0.717, 1.165) is 31.1 Å². The minimum atomic E-state index is 0.334. The molecule has 1 amide bonds. The molecule has 1 aromatic rings. The van der Waals surface area contributed by atoms with E-state index in [2.05, 4.69) is 33.0 Å². The van der Waals surface area contributed by atoms with Crippen molar-refractivity contribution < 1.29 is 4.79 Å². The maximum Gasteiger partial charge on any atom is 0.223 e. The Labute approximate surface area is 124 Å². The molecule has 0 aromatic heterocycles. The summed E-state index contributed by atoms with van der Waals surface area (Å²) in [5.74, 6) is 0.334. The molecule has 1 aliphatic heterocycles. The molecule has 2 rings (SSSR count). The fourth-order valence-electron chi connectivity index (χ4n) is 2.82. The summed E-state index contributed by atoms with van der Waals surface area (Å²) in [6.07, 6.45) is 6.17. The van der Waals surface area contributed by atoms with Crippen LogP contribution in [0.15, 0.2) is 30.3 Å². The van der Waals surface area contributed by atoms with E-state index in [4.69, 9.17) is 0 Å². The molecule has 1 aliphatic rings. The molecule has 2 nitrogen and oxygen atoms in total. The highest BCUT2D eigenvalue weighted by atomic mass is 79.9. The van der Waals surface area contributed by atoms with Crippen LogP contribution in [0.25, 0.3) is 0 Å². The number of hydrogen-bond acceptors (Lipinski definition) is 1. The lowest BCUT2D eigenvalue weighted by Gasteiger charge is -2.24. The first-order valence-corrected chi connectivity index (χ1v) is 8.33. The van der Waals surface area contributed by atoms with Crippen molar-refractivity contribution in [3.63, 3.8) is 0 Å². The van der Waals surface area contributed by atoms with Gasteiger partial charge in [0.25, 0.3) is 0 Å². The lowest BCUT2D eigenvalue weighted by molar-refractivity contribution is -0.132. The highest BCUT2D eigenvalue weighted by Crippen LogP contribution is 2.23. The van der Waals surface area contributed by atoms with Gasteiger partial charge in [0.1, 0.15) is 0 Å². The summed E-state index contributed by atoms with van der Waals surface area (Å²) in [5, 5.41) is 1.04. The molecule has 1 aromatic carbocycles. The Hall–Kier alpha value is -0.830. The van der Waals surface area contributed by atoms with Crippen LogP contribution in [0.1, 0.15) is 37.7 Å². The standard InChI is InChI=1S/C16H22BrNO/c17-12-4-8-15-9-5-13-18(15)16(19)11-10-14-6-2-1-3-7-14/h1-3,6-7,15H,4-5,8-13H2. The van der Waals surface area contributed by atoms with Crippen LogP contribution in [0, 0.1) is 0 Å². The Morgan fingerprint density at radius 1 is 1.32 bits per heavy atom. The number of rotatable bonds is 6. The fraction of sp³-hybridized carbons (Fsp3) is 0.562. The topological polar surface area (TPSA) is 20.3 Å². The first kappa shape index (κ1) is 14.6. The molecule has 19 heavy (non-hydrogen) atoms. The number of aryl methyl sites for hydroxylation is 1. The molecule has 3 heteroatoms. The predicted molar refractivity (Wildman–Crippen MR) is 82.5 cm³/mol. The quantitative estimate of drug-likeness (QED) is 0.729. The van der Waals surface area contributed by atoms with Gasteiger partial charge in [-0.2, -0.15) is 0 Å². The number of nitrogens with zero attached hydrogens (tertiary/aromatic N) is 1. The van der Waals surface area contributed by atoms with E-state index in [1.807, 2.05) is 18.2 Å². The summed E-state index contributed by atoms with van der Waals surface area (Å²) >= 11 is 3.47. The summed E-state index contributed by atoms with van der Waals surface area (Å²) in [7, 11) is 0. The van der Waals surface area contributed by atoms with Gasteiger partial charge in [0.15, 0.2) is 0 Å². The Balaban J connectivity index is 1.82. The molecular weight excluding hydrogens is 302 g/mol. The van der Waals surface area contributed by atoms with Gasteiger partial charge in [-0.15, -0.1) is 0 Å². The Morgan fingerprint density at radius 2 is 2.11 bits per heavy atom. The number of carbonyl (C=O) groups is 1. The molecule has 104 valence electrons. The van der Waals surface area contributed by atoms with E-state index in [9.17, 15) is 4.79 Å². The molecule has 0 spiro atoms. The number of benzene rings is 1. The van der Waals surface area contributed by atoms with E-state index in [1.165, 1.54) is 18.4 Å². The summed E-state index contributed by atoms with van der Waals surface area (Å²) in [5.41, 5.74) is 1.26. The molecule has 0 aliphatic carbocycles. The molecular formula is C16H22BrNO. The highest BCUT2D eigenvalue weighted by Gasteiger charge is 2.27. The van der Waals surface area contributed by atoms with Crippen LogP contribution in [0.2, 0.25) is 0 Å². The first-order chi connectivity index (χ1) is 9.31. The Bertz CT molecular complexity index is 393. The van der Waals surface area contributed by atoms with Crippen molar-refractivity contribution >= 4 is 21.8 Å². The van der Waals surface area contributed by atoms with E-state index >= 15 is 0 Å². The molecule has 0 bridgehead atoms. The lowest BCUT2D eigenvalue weighted by atomic mass is 10.1. The zero-order valence-corrected chi connectivity index (χ0v) is 12.9. The second kappa shape index (κ2) is 7.68. The average Bonchev–Trinajstić information content (AvgIpc) is 2.92. The van der Waals surface area contributed by atoms with Crippen LogP contribution in [0.5, 0.6) is 0 Å². The third-order valence-corrected chi connectivity index (χ3v) is 4.40. The Morgan fingerprint density at radius 3 is 2.84 bits per heavy atom. The van der Waals surface area contributed by atoms with Crippen molar-refractivity contribution in [1.29, 1.82) is 0 Å². The molecule has 1 atom stereocenters. The van der Waals surface area contributed by atoms with Crippen LogP contribution >= 0.6 is 15.9 Å². The third-order valence-electron chi connectivity index (χ3n) is 3.84. The van der Waals surface area contributed by atoms with Crippen LogP contribution in [-0.4, -0.2) is 28.7 Å². The molecule has 0 saturated carbocycles. The largest absolute Gasteiger partial charge is 0.340 e. The van der Waals surface area contributed by atoms with Crippen molar-refractivity contribution in [2.45, 2.75) is 44.6 Å². The number of carbonyl (C=O) groups excluding carboxylic acids is 1. The van der Waals surface area contributed by atoms with Crippen molar-refractivity contribution in [2.75, 3.05) is 11.9 Å². The van der Waals surface area contributed by atoms with Gasteiger partial charge in [-0.3, -0.25) is 4.79 Å². The second-order valence-corrected chi connectivity index (χ2v) is 5.99. The van der Waals surface area contributed by atoms with E-state index in [1.54, 1.807) is 0 Å². The number of hydrogen-bond donors (Lipinski definition) is 0. The Kier molecular flexibility index (Phi) is 5.90. The van der Waals surface area contributed by atoms with Gasteiger partial charge in [0, 0.05) is 24.3 Å². The molecule has 1 heterocycles. The second-order valence-electron chi connectivity index (χ2n) is 5.20. The van der Waals surface area contributed by atoms with Gasteiger partial charge < -0.3 is 4.90 Å². The highest BCUT2D eigenvalue weighted by molar-refractivity contribution is 9.09. The monoisotopic (exact) mass is 323 g/mol. The minimum absolute atomic E-state index is 0.334. The van der Waals surface area contributed by atoms with Gasteiger partial charge in [0.05, 0.1) is 0 Å². The molecule has 0 radical (unpaired) electrons. The van der Waals surface area contributed by atoms with Gasteiger partial charge >= 0.3 is 0 Å². The molecule has 0 N–H and O–H groups in total. The van der Waals surface area contributed by atoms with Gasteiger partial charge in [-0.1, -0.05) is 46.3 Å². The molecule has 1 fully saturated rings. The number of likely N-dealkylation sites (tertiary alicyclic amines) is 1. The fourth-order valence-corrected chi connectivity index (χ4v) is 3.14. The van der Waals surface area contributed by atoms with Crippen molar-refractivity contribution in [2.24, 2.45) is 0 Å². The lowest BCUT2D eigenvalue weighted by Crippen LogP contribution is -2.35. The smallest absolute Gasteiger partial charge is 0.223 e. The summed E-state index contributed by atoms with van der Waals surface area (Å²) in [6.45, 7) is 0.959. The maximum absolute atomic E-state index is 12.3. The number of halogens is 1. The van der Waals surface area contributed by atoms with Crippen molar-refractivity contribution in [1.82, 2.24) is 4.90 Å². The SMILES string of the molecule is O=C(CCc1ccccc1)N1CCCC1CCCBr. The van der Waals surface area contributed by atoms with Crippen LogP contribution < -0.4 is 0 Å². The third kappa shape index (κ3) is 4.34. The maximum atomic E-state index is 12.3. The molecule has 1 saturated heterocycles. The zero-order chi connectivity index (χ0) is 13.5. The first-order valence-electron chi connectivity index (χ1n) is 7.20. The predicted octanol–water partition coefficient (Wildman–Crippen LogP) is 3.79. The van der Waals surface area contributed by atoms with E-state index < -0.39 is 0 Å². The minimum Gasteiger partial charge on any atom is -0.340 e. The van der Waals surface area contributed by atoms with Crippen molar-refractivity contribution in [3.05, 3.63) is 35.9 Å². The number of alkyl halides is 1. The van der Waals surface area contributed by atoms with Crippen LogP contribution in [-0.2, 0) is 11.2 Å². The molecule has 1 unspecified atom stereocenters. The van der Waals surface area contributed by atoms with Gasteiger partial charge in [-0.25, -0.2) is 0 Å². The van der Waals surface area contributed by atoms with E-state index in [0.29, 0.717) is 18.4 Å². The van der Waals surface area contributed by atoms with Gasteiger partial charge in [0.2, 0.25) is 5.91 Å².